The quantitative estimate of drug-likeness (QED) is 0.548. The molecule has 0 N–H and O–H groups in total. The van der Waals surface area contributed by atoms with Gasteiger partial charge in [-0.05, 0) is 18.2 Å². The third kappa shape index (κ3) is 2.91. The molecule has 0 spiro atoms. The molecule has 76 valence electrons. The molecule has 0 unspecified atom stereocenters. The first-order valence-electron chi connectivity index (χ1n) is 3.39. The van der Waals surface area contributed by atoms with Crippen molar-refractivity contribution in [2.24, 2.45) is 0 Å². The number of rotatable bonds is 1. The molecule has 0 aliphatic rings. The SMILES string of the molecule is O=C(c1ccc(Cl)c(Cl)c1)C(Cl)(Cl)Cl. The molecular weight excluding hydrogens is 289 g/mol. The highest BCUT2D eigenvalue weighted by molar-refractivity contribution is 6.77. The number of ketones is 1. The summed E-state index contributed by atoms with van der Waals surface area (Å²) in [5.74, 6) is -0.638. The molecule has 0 aliphatic carbocycles. The van der Waals surface area contributed by atoms with E-state index in [9.17, 15) is 4.79 Å². The van der Waals surface area contributed by atoms with Crippen LogP contribution in [0.3, 0.4) is 0 Å². The van der Waals surface area contributed by atoms with Gasteiger partial charge in [0, 0.05) is 5.56 Å². The number of carbonyl (C=O) groups excluding carboxylic acids is 1. The van der Waals surface area contributed by atoms with Crippen LogP contribution in [-0.4, -0.2) is 9.58 Å². The van der Waals surface area contributed by atoms with Gasteiger partial charge in [-0.25, -0.2) is 0 Å². The Hall–Kier alpha value is 0.340. The molecule has 0 radical (unpaired) electrons. The molecule has 14 heavy (non-hydrogen) atoms. The van der Waals surface area contributed by atoms with Crippen LogP contribution in [0.1, 0.15) is 10.4 Å². The van der Waals surface area contributed by atoms with Gasteiger partial charge in [0.25, 0.3) is 3.79 Å². The van der Waals surface area contributed by atoms with Gasteiger partial charge in [0.15, 0.2) is 0 Å². The maximum Gasteiger partial charge on any atom is 0.253 e. The van der Waals surface area contributed by atoms with E-state index in [0.29, 0.717) is 5.02 Å². The minimum atomic E-state index is -1.98. The number of Topliss-reactive ketones (excluding diaryl/α,β-unsaturated/α-hetero) is 1. The largest absolute Gasteiger partial charge is 0.289 e. The molecule has 0 aromatic heterocycles. The van der Waals surface area contributed by atoms with Crippen molar-refractivity contribution in [3.63, 3.8) is 0 Å². The first-order chi connectivity index (χ1) is 6.32. The van der Waals surface area contributed by atoms with Crippen molar-refractivity contribution in [1.29, 1.82) is 0 Å². The van der Waals surface area contributed by atoms with Crippen LogP contribution in [0.5, 0.6) is 0 Å². The molecule has 6 heteroatoms. The predicted octanol–water partition coefficient (Wildman–Crippen LogP) is 4.55. The minimum absolute atomic E-state index is 0.208. The molecule has 1 aromatic carbocycles. The van der Waals surface area contributed by atoms with Gasteiger partial charge >= 0.3 is 0 Å². The normalized spacial score (nSPS) is 11.5. The Morgan fingerprint density at radius 1 is 1.07 bits per heavy atom. The molecule has 0 saturated carbocycles. The molecule has 0 fully saturated rings. The lowest BCUT2D eigenvalue weighted by molar-refractivity contribution is 0.0996. The Morgan fingerprint density at radius 2 is 1.64 bits per heavy atom. The van der Waals surface area contributed by atoms with Crippen LogP contribution in [0, 0.1) is 0 Å². The monoisotopic (exact) mass is 290 g/mol. The summed E-state index contributed by atoms with van der Waals surface area (Å²) in [7, 11) is 0. The number of hydrogen-bond acceptors (Lipinski definition) is 1. The van der Waals surface area contributed by atoms with Crippen LogP contribution in [0.25, 0.3) is 0 Å². The Kier molecular flexibility index (Phi) is 3.95. The van der Waals surface area contributed by atoms with E-state index in [1.165, 1.54) is 18.2 Å². The van der Waals surface area contributed by atoms with Gasteiger partial charge < -0.3 is 0 Å². The first-order valence-corrected chi connectivity index (χ1v) is 5.28. The molecule has 0 aliphatic heterocycles. The summed E-state index contributed by atoms with van der Waals surface area (Å²) in [4.78, 5) is 11.4. The van der Waals surface area contributed by atoms with E-state index in [1.54, 1.807) is 0 Å². The second-order valence-corrected chi connectivity index (χ2v) is 5.55. The van der Waals surface area contributed by atoms with E-state index in [2.05, 4.69) is 0 Å². The van der Waals surface area contributed by atoms with Crippen LogP contribution in [-0.2, 0) is 0 Å². The Bertz CT molecular complexity index is 368. The average molecular weight is 292 g/mol. The van der Waals surface area contributed by atoms with Crippen LogP contribution >= 0.6 is 58.0 Å². The number of benzene rings is 1. The van der Waals surface area contributed by atoms with Crippen molar-refractivity contribution in [2.75, 3.05) is 0 Å². The number of halogens is 5. The zero-order valence-corrected chi connectivity index (χ0v) is 10.3. The van der Waals surface area contributed by atoms with Gasteiger partial charge in [0.2, 0.25) is 5.78 Å². The summed E-state index contributed by atoms with van der Waals surface area (Å²) < 4.78 is -1.98. The highest BCUT2D eigenvalue weighted by Gasteiger charge is 2.31. The Morgan fingerprint density at radius 3 is 2.07 bits per heavy atom. The second kappa shape index (κ2) is 4.46. The number of alkyl halides is 3. The van der Waals surface area contributed by atoms with Crippen molar-refractivity contribution < 1.29 is 4.79 Å². The lowest BCUT2D eigenvalue weighted by Gasteiger charge is -2.09. The van der Waals surface area contributed by atoms with Crippen LogP contribution < -0.4 is 0 Å². The maximum atomic E-state index is 11.4. The third-order valence-electron chi connectivity index (χ3n) is 1.44. The zero-order valence-electron chi connectivity index (χ0n) is 6.53. The smallest absolute Gasteiger partial charge is 0.253 e. The molecule has 0 heterocycles. The van der Waals surface area contributed by atoms with Crippen LogP contribution in [0.4, 0.5) is 0 Å². The lowest BCUT2D eigenvalue weighted by atomic mass is 10.1. The van der Waals surface area contributed by atoms with E-state index in [1.807, 2.05) is 0 Å². The zero-order chi connectivity index (χ0) is 10.9. The summed E-state index contributed by atoms with van der Waals surface area (Å²) >= 11 is 27.6. The van der Waals surface area contributed by atoms with Gasteiger partial charge in [-0.3, -0.25) is 4.79 Å². The average Bonchev–Trinajstić information content (AvgIpc) is 2.07. The summed E-state index contributed by atoms with van der Waals surface area (Å²) in [6.07, 6.45) is 0. The topological polar surface area (TPSA) is 17.1 Å². The van der Waals surface area contributed by atoms with Gasteiger partial charge in [0.05, 0.1) is 10.0 Å². The molecular formula is C8H3Cl5O. The molecule has 0 atom stereocenters. The molecule has 1 nitrogen and oxygen atoms in total. The third-order valence-corrected chi connectivity index (χ3v) is 2.69. The highest BCUT2D eigenvalue weighted by Crippen LogP contribution is 2.32. The van der Waals surface area contributed by atoms with Crippen LogP contribution in [0.15, 0.2) is 18.2 Å². The number of hydrogen-bond donors (Lipinski definition) is 0. The Labute approximate surface area is 106 Å². The van der Waals surface area contributed by atoms with Crippen LogP contribution in [0.2, 0.25) is 10.0 Å². The molecule has 0 amide bonds. The molecule has 0 bridgehead atoms. The van der Waals surface area contributed by atoms with E-state index in [-0.39, 0.29) is 10.6 Å². The van der Waals surface area contributed by atoms with Gasteiger partial charge in [-0.15, -0.1) is 0 Å². The van der Waals surface area contributed by atoms with E-state index < -0.39 is 9.58 Å². The number of carbonyl (C=O) groups is 1. The van der Waals surface area contributed by atoms with Crippen molar-refractivity contribution in [3.8, 4) is 0 Å². The first kappa shape index (κ1) is 12.4. The Balaban J connectivity index is 3.10. The minimum Gasteiger partial charge on any atom is -0.289 e. The van der Waals surface area contributed by atoms with Crippen molar-refractivity contribution in [1.82, 2.24) is 0 Å². The van der Waals surface area contributed by atoms with Gasteiger partial charge in [0.1, 0.15) is 0 Å². The van der Waals surface area contributed by atoms with E-state index in [0.717, 1.165) is 0 Å². The lowest BCUT2D eigenvalue weighted by Crippen LogP contribution is -2.18. The summed E-state index contributed by atoms with van der Waals surface area (Å²) in [6.45, 7) is 0. The summed E-state index contributed by atoms with van der Waals surface area (Å²) in [6, 6.07) is 4.26. The summed E-state index contributed by atoms with van der Waals surface area (Å²) in [5.41, 5.74) is 0.208. The van der Waals surface area contributed by atoms with E-state index in [4.69, 9.17) is 58.0 Å². The fourth-order valence-electron chi connectivity index (χ4n) is 0.801. The fraction of sp³-hybridized carbons (Fsp3) is 0.125. The molecule has 0 saturated heterocycles. The summed E-state index contributed by atoms with van der Waals surface area (Å²) in [5, 5.41) is 0.583. The van der Waals surface area contributed by atoms with Crippen molar-refractivity contribution in [3.05, 3.63) is 33.8 Å². The maximum absolute atomic E-state index is 11.4. The van der Waals surface area contributed by atoms with E-state index >= 15 is 0 Å². The predicted molar refractivity (Wildman–Crippen MR) is 61.1 cm³/mol. The molecule has 1 aromatic rings. The van der Waals surface area contributed by atoms with Crippen molar-refractivity contribution >= 4 is 63.8 Å². The van der Waals surface area contributed by atoms with Gasteiger partial charge in [-0.2, -0.15) is 0 Å². The highest BCUT2D eigenvalue weighted by atomic mass is 35.6. The van der Waals surface area contributed by atoms with Gasteiger partial charge in [-0.1, -0.05) is 58.0 Å². The standard InChI is InChI=1S/C8H3Cl5O/c9-5-2-1-4(3-6(5)10)7(14)8(11,12)13/h1-3H. The molecule has 1 rings (SSSR count). The fourth-order valence-corrected chi connectivity index (χ4v) is 1.43. The second-order valence-electron chi connectivity index (χ2n) is 2.46. The van der Waals surface area contributed by atoms with Crippen molar-refractivity contribution in [2.45, 2.75) is 3.79 Å².